The molecule has 2 heterocycles. The van der Waals surface area contributed by atoms with Gasteiger partial charge >= 0.3 is 0 Å². The third kappa shape index (κ3) is 3.97. The maximum Gasteiger partial charge on any atom is 0.191 e. The van der Waals surface area contributed by atoms with Crippen molar-refractivity contribution in [1.29, 1.82) is 0 Å². The number of nitrogens with one attached hydrogen (secondary N) is 2. The first kappa shape index (κ1) is 14.4. The summed E-state index contributed by atoms with van der Waals surface area (Å²) in [6.45, 7) is 6.31. The van der Waals surface area contributed by atoms with Gasteiger partial charge in [0.2, 0.25) is 0 Å². The molecule has 2 N–H and O–H groups in total. The maximum absolute atomic E-state index is 4.49. The lowest BCUT2D eigenvalue weighted by molar-refractivity contribution is 0.141. The van der Waals surface area contributed by atoms with Crippen molar-refractivity contribution in [3.05, 3.63) is 35.9 Å². The lowest BCUT2D eigenvalue weighted by Gasteiger charge is -2.36. The predicted octanol–water partition coefficient (Wildman–Crippen LogP) is 1.98. The van der Waals surface area contributed by atoms with E-state index >= 15 is 0 Å². The number of guanidine groups is 1. The van der Waals surface area contributed by atoms with Crippen molar-refractivity contribution in [3.63, 3.8) is 0 Å². The lowest BCUT2D eigenvalue weighted by atomic mass is 10.0. The molecule has 114 valence electrons. The van der Waals surface area contributed by atoms with Crippen LogP contribution in [0.1, 0.15) is 31.7 Å². The molecule has 2 aliphatic heterocycles. The number of nitrogens with zero attached hydrogens (tertiary/aromatic N) is 2. The van der Waals surface area contributed by atoms with E-state index in [1.165, 1.54) is 31.4 Å². The van der Waals surface area contributed by atoms with E-state index in [-0.39, 0.29) is 0 Å². The summed E-state index contributed by atoms with van der Waals surface area (Å²) in [7, 11) is 0. The average Bonchev–Trinajstić information content (AvgIpc) is 2.93. The van der Waals surface area contributed by atoms with Crippen LogP contribution in [-0.4, -0.2) is 42.6 Å². The molecule has 2 atom stereocenters. The Hall–Kier alpha value is -1.55. The number of hydrogen-bond donors (Lipinski definition) is 2. The first-order valence-corrected chi connectivity index (χ1v) is 8.14. The van der Waals surface area contributed by atoms with E-state index in [1.807, 2.05) is 0 Å². The minimum absolute atomic E-state index is 0.472. The standard InChI is InChI=1S/C17H26N4/c1-14-11-18-17(20-14)19-12-16-9-5-6-10-21(16)13-15-7-3-2-4-8-15/h2-4,7-8,14,16H,5-6,9-13H2,1H3,(H2,18,19,20). The molecule has 4 nitrogen and oxygen atoms in total. The summed E-state index contributed by atoms with van der Waals surface area (Å²) in [6.07, 6.45) is 3.94. The second kappa shape index (κ2) is 6.94. The van der Waals surface area contributed by atoms with Gasteiger partial charge in [0.15, 0.2) is 5.96 Å². The van der Waals surface area contributed by atoms with Crippen molar-refractivity contribution < 1.29 is 0 Å². The Morgan fingerprint density at radius 3 is 2.90 bits per heavy atom. The quantitative estimate of drug-likeness (QED) is 0.889. The minimum Gasteiger partial charge on any atom is -0.355 e. The van der Waals surface area contributed by atoms with E-state index < -0.39 is 0 Å². The summed E-state index contributed by atoms with van der Waals surface area (Å²) in [5, 5.41) is 6.87. The van der Waals surface area contributed by atoms with Crippen LogP contribution >= 0.6 is 0 Å². The highest BCUT2D eigenvalue weighted by Gasteiger charge is 2.23. The summed E-state index contributed by atoms with van der Waals surface area (Å²) in [4.78, 5) is 7.10. The van der Waals surface area contributed by atoms with Crippen LogP contribution < -0.4 is 10.6 Å². The highest BCUT2D eigenvalue weighted by atomic mass is 15.3. The van der Waals surface area contributed by atoms with Crippen molar-refractivity contribution in [1.82, 2.24) is 15.5 Å². The van der Waals surface area contributed by atoms with Gasteiger partial charge in [-0.05, 0) is 31.9 Å². The molecule has 3 rings (SSSR count). The van der Waals surface area contributed by atoms with Gasteiger partial charge in [-0.3, -0.25) is 9.89 Å². The van der Waals surface area contributed by atoms with Crippen molar-refractivity contribution in [3.8, 4) is 0 Å². The first-order valence-electron chi connectivity index (χ1n) is 8.14. The molecule has 21 heavy (non-hydrogen) atoms. The van der Waals surface area contributed by atoms with Crippen LogP contribution in [0.2, 0.25) is 0 Å². The minimum atomic E-state index is 0.472. The number of hydrogen-bond acceptors (Lipinski definition) is 4. The molecule has 1 fully saturated rings. The zero-order valence-corrected chi connectivity index (χ0v) is 12.9. The molecule has 4 heteroatoms. The second-order valence-corrected chi connectivity index (χ2v) is 6.22. The molecule has 2 aliphatic rings. The average molecular weight is 286 g/mol. The Morgan fingerprint density at radius 2 is 2.14 bits per heavy atom. The van der Waals surface area contributed by atoms with Gasteiger partial charge in [0, 0.05) is 25.2 Å². The molecule has 0 bridgehead atoms. The Kier molecular flexibility index (Phi) is 4.76. The van der Waals surface area contributed by atoms with Crippen molar-refractivity contribution in [2.75, 3.05) is 19.6 Å². The normalized spacial score (nSPS) is 26.2. The maximum atomic E-state index is 4.49. The molecular formula is C17H26N4. The van der Waals surface area contributed by atoms with Crippen LogP contribution in [0.4, 0.5) is 0 Å². The zero-order chi connectivity index (χ0) is 14.5. The van der Waals surface area contributed by atoms with E-state index in [9.17, 15) is 0 Å². The summed E-state index contributed by atoms with van der Waals surface area (Å²) in [5.74, 6) is 0.979. The number of likely N-dealkylation sites (tertiary alicyclic amines) is 1. The molecular weight excluding hydrogens is 260 g/mol. The number of rotatable bonds is 4. The smallest absolute Gasteiger partial charge is 0.191 e. The monoisotopic (exact) mass is 286 g/mol. The summed E-state index contributed by atoms with van der Waals surface area (Å²) >= 11 is 0. The topological polar surface area (TPSA) is 39.7 Å². The summed E-state index contributed by atoms with van der Waals surface area (Å²) in [6, 6.07) is 11.9. The van der Waals surface area contributed by atoms with E-state index in [2.05, 4.69) is 57.8 Å². The fourth-order valence-electron chi connectivity index (χ4n) is 3.19. The SMILES string of the molecule is CC1CN=C(NCC2CCCCN2Cc2ccccc2)N1. The molecule has 0 radical (unpaired) electrons. The predicted molar refractivity (Wildman–Crippen MR) is 87.4 cm³/mol. The highest BCUT2D eigenvalue weighted by molar-refractivity contribution is 5.81. The first-order chi connectivity index (χ1) is 10.3. The fourth-order valence-corrected chi connectivity index (χ4v) is 3.19. The molecule has 0 spiro atoms. The van der Waals surface area contributed by atoms with Crippen LogP contribution in [0.15, 0.2) is 35.3 Å². The molecule has 0 amide bonds. The van der Waals surface area contributed by atoms with Crippen molar-refractivity contribution in [2.24, 2.45) is 4.99 Å². The van der Waals surface area contributed by atoms with Gasteiger partial charge in [0.25, 0.3) is 0 Å². The second-order valence-electron chi connectivity index (χ2n) is 6.22. The van der Waals surface area contributed by atoms with Crippen LogP contribution in [0.3, 0.4) is 0 Å². The van der Waals surface area contributed by atoms with Gasteiger partial charge in [0.05, 0.1) is 6.54 Å². The van der Waals surface area contributed by atoms with Gasteiger partial charge in [0.1, 0.15) is 0 Å². The van der Waals surface area contributed by atoms with E-state index in [1.54, 1.807) is 0 Å². The summed E-state index contributed by atoms with van der Waals surface area (Å²) < 4.78 is 0. The van der Waals surface area contributed by atoms with Crippen molar-refractivity contribution >= 4 is 5.96 Å². The number of aliphatic imine (C=N–C) groups is 1. The lowest BCUT2D eigenvalue weighted by Crippen LogP contribution is -2.48. The van der Waals surface area contributed by atoms with Crippen molar-refractivity contribution in [2.45, 2.75) is 44.8 Å². The molecule has 0 aliphatic carbocycles. The van der Waals surface area contributed by atoms with Crippen LogP contribution in [-0.2, 0) is 6.54 Å². The van der Waals surface area contributed by atoms with Gasteiger partial charge in [-0.2, -0.15) is 0 Å². The van der Waals surface area contributed by atoms with E-state index in [0.717, 1.165) is 25.6 Å². The molecule has 1 saturated heterocycles. The van der Waals surface area contributed by atoms with Gasteiger partial charge in [-0.15, -0.1) is 0 Å². The number of piperidine rings is 1. The Labute approximate surface area is 127 Å². The fraction of sp³-hybridized carbons (Fsp3) is 0.588. The van der Waals surface area contributed by atoms with Gasteiger partial charge < -0.3 is 10.6 Å². The third-order valence-electron chi connectivity index (χ3n) is 4.39. The Bertz CT molecular complexity index is 471. The van der Waals surface area contributed by atoms with Gasteiger partial charge in [-0.1, -0.05) is 36.8 Å². The van der Waals surface area contributed by atoms with E-state index in [0.29, 0.717) is 12.1 Å². The van der Waals surface area contributed by atoms with E-state index in [4.69, 9.17) is 0 Å². The Balaban J connectivity index is 1.54. The third-order valence-corrected chi connectivity index (χ3v) is 4.39. The zero-order valence-electron chi connectivity index (χ0n) is 12.9. The highest BCUT2D eigenvalue weighted by Crippen LogP contribution is 2.19. The summed E-state index contributed by atoms with van der Waals surface area (Å²) in [5.41, 5.74) is 1.41. The molecule has 1 aromatic carbocycles. The van der Waals surface area contributed by atoms with Crippen LogP contribution in [0.5, 0.6) is 0 Å². The molecule has 2 unspecified atom stereocenters. The number of benzene rings is 1. The van der Waals surface area contributed by atoms with Crippen LogP contribution in [0, 0.1) is 0 Å². The molecule has 0 saturated carbocycles. The van der Waals surface area contributed by atoms with Crippen LogP contribution in [0.25, 0.3) is 0 Å². The largest absolute Gasteiger partial charge is 0.355 e. The molecule has 0 aromatic heterocycles. The van der Waals surface area contributed by atoms with Gasteiger partial charge in [-0.25, -0.2) is 0 Å². The Morgan fingerprint density at radius 1 is 1.29 bits per heavy atom. The molecule has 1 aromatic rings.